The van der Waals surface area contributed by atoms with Gasteiger partial charge in [0.15, 0.2) is 0 Å². The molecule has 0 aliphatic carbocycles. The van der Waals surface area contributed by atoms with E-state index < -0.39 is 12.6 Å². The standard InChI is InChI=1S/C33H52F3N3/c1-8-11-14-15-16-21-30(19-12-9-2)22-18-25-39(32(37-5)23-17-24-33(34,35)36)28-31(20-13-10-3)26-29(4)27-38(6)7/h11-14,18-22,26H,4,8-10,15-17,23-25,27-28H2,1-3,5-7H3/b14-11+,19-12-,20-13-,22-18+,30-21+,31-26+,37-32?. The van der Waals surface area contributed by atoms with Crippen LogP contribution >= 0.6 is 0 Å². The van der Waals surface area contributed by atoms with E-state index in [1.807, 2.05) is 14.1 Å². The second kappa shape index (κ2) is 22.2. The Morgan fingerprint density at radius 1 is 0.846 bits per heavy atom. The molecule has 0 aliphatic heterocycles. The van der Waals surface area contributed by atoms with Crippen LogP contribution in [-0.2, 0) is 0 Å². The van der Waals surface area contributed by atoms with Crippen molar-refractivity contribution >= 4 is 5.84 Å². The van der Waals surface area contributed by atoms with Crippen LogP contribution in [0.3, 0.4) is 0 Å². The van der Waals surface area contributed by atoms with Gasteiger partial charge in [-0.05, 0) is 69.3 Å². The van der Waals surface area contributed by atoms with E-state index in [4.69, 9.17) is 0 Å². The molecule has 0 unspecified atom stereocenters. The Morgan fingerprint density at radius 2 is 1.49 bits per heavy atom. The Morgan fingerprint density at radius 3 is 2.08 bits per heavy atom. The van der Waals surface area contributed by atoms with Crippen molar-refractivity contribution in [3.05, 3.63) is 84.1 Å². The molecule has 0 aromatic carbocycles. The van der Waals surface area contributed by atoms with E-state index in [-0.39, 0.29) is 12.8 Å². The van der Waals surface area contributed by atoms with Gasteiger partial charge in [-0.25, -0.2) is 0 Å². The fourth-order valence-corrected chi connectivity index (χ4v) is 3.86. The number of hydrogen-bond donors (Lipinski definition) is 0. The number of likely N-dealkylation sites (N-methyl/N-ethyl adjacent to an activating group) is 1. The molecule has 0 aromatic heterocycles. The molecule has 0 atom stereocenters. The maximum atomic E-state index is 12.9. The number of alkyl halides is 3. The van der Waals surface area contributed by atoms with Gasteiger partial charge in [-0.3, -0.25) is 4.99 Å². The zero-order valence-corrected chi connectivity index (χ0v) is 25.2. The maximum absolute atomic E-state index is 12.9. The molecule has 6 heteroatoms. The summed E-state index contributed by atoms with van der Waals surface area (Å²) < 4.78 is 38.6. The lowest BCUT2D eigenvalue weighted by atomic mass is 10.1. The molecule has 0 aromatic rings. The van der Waals surface area contributed by atoms with E-state index in [1.54, 1.807) is 7.05 Å². The Bertz CT molecular complexity index is 884. The molecule has 0 spiro atoms. The number of halogens is 3. The van der Waals surface area contributed by atoms with Crippen LogP contribution in [0.15, 0.2) is 89.1 Å². The fraction of sp³-hybridized carbons (Fsp3) is 0.545. The molecule has 0 saturated carbocycles. The molecule has 0 rings (SSSR count). The van der Waals surface area contributed by atoms with Crippen LogP contribution in [-0.4, -0.2) is 62.6 Å². The molecule has 0 fully saturated rings. The van der Waals surface area contributed by atoms with Crippen molar-refractivity contribution in [1.29, 1.82) is 0 Å². The van der Waals surface area contributed by atoms with Gasteiger partial charge in [-0.1, -0.05) is 88.1 Å². The van der Waals surface area contributed by atoms with Crippen molar-refractivity contribution in [3.63, 3.8) is 0 Å². The van der Waals surface area contributed by atoms with Gasteiger partial charge in [-0.2, -0.15) is 13.2 Å². The molecule has 39 heavy (non-hydrogen) atoms. The summed E-state index contributed by atoms with van der Waals surface area (Å²) in [6.07, 6.45) is 21.5. The SMILES string of the molecule is C=C(/C=C(\C=C/CC)CN(C/C=C/C(/C=C\CC)=C/CC/C=C/CC)C(CCCC(F)(F)F)=NC)CN(C)C. The van der Waals surface area contributed by atoms with Gasteiger partial charge in [0.1, 0.15) is 0 Å². The highest BCUT2D eigenvalue weighted by Gasteiger charge is 2.26. The summed E-state index contributed by atoms with van der Waals surface area (Å²) in [5.74, 6) is 0.678. The molecule has 3 nitrogen and oxygen atoms in total. The second-order valence-corrected chi connectivity index (χ2v) is 9.79. The van der Waals surface area contributed by atoms with Crippen molar-refractivity contribution in [2.45, 2.75) is 78.3 Å². The Hall–Kier alpha value is -2.60. The third-order valence-electron chi connectivity index (χ3n) is 5.63. The van der Waals surface area contributed by atoms with E-state index in [0.717, 1.165) is 55.4 Å². The summed E-state index contributed by atoms with van der Waals surface area (Å²) in [5, 5.41) is 0. The average molecular weight is 548 g/mol. The number of allylic oxidation sites excluding steroid dienone is 8. The third kappa shape index (κ3) is 21.0. The van der Waals surface area contributed by atoms with Crippen LogP contribution in [0.4, 0.5) is 13.2 Å². The summed E-state index contributed by atoms with van der Waals surface area (Å²) in [7, 11) is 5.66. The molecule has 0 heterocycles. The van der Waals surface area contributed by atoms with Gasteiger partial charge >= 0.3 is 6.18 Å². The maximum Gasteiger partial charge on any atom is 0.389 e. The molecular formula is C33H52F3N3. The minimum Gasteiger partial charge on any atom is -0.352 e. The monoisotopic (exact) mass is 547 g/mol. The first kappa shape index (κ1) is 36.4. The van der Waals surface area contributed by atoms with Crippen molar-refractivity contribution in [1.82, 2.24) is 9.80 Å². The molecule has 0 aliphatic rings. The van der Waals surface area contributed by atoms with Gasteiger partial charge in [0.25, 0.3) is 0 Å². The van der Waals surface area contributed by atoms with Gasteiger partial charge in [0.05, 0.1) is 5.84 Å². The van der Waals surface area contributed by atoms with E-state index in [1.165, 1.54) is 0 Å². The molecular weight excluding hydrogens is 495 g/mol. The highest BCUT2D eigenvalue weighted by Crippen LogP contribution is 2.23. The minimum absolute atomic E-state index is 0.0171. The van der Waals surface area contributed by atoms with Crippen molar-refractivity contribution in [2.75, 3.05) is 40.8 Å². The van der Waals surface area contributed by atoms with Crippen LogP contribution in [0.1, 0.15) is 72.1 Å². The van der Waals surface area contributed by atoms with Gasteiger partial charge < -0.3 is 9.80 Å². The molecule has 0 bridgehead atoms. The lowest BCUT2D eigenvalue weighted by Crippen LogP contribution is -2.33. The summed E-state index contributed by atoms with van der Waals surface area (Å²) in [6.45, 7) is 12.3. The van der Waals surface area contributed by atoms with E-state index >= 15 is 0 Å². The first-order valence-electron chi connectivity index (χ1n) is 14.2. The molecule has 0 radical (unpaired) electrons. The van der Waals surface area contributed by atoms with Crippen LogP contribution in [0, 0.1) is 0 Å². The molecule has 0 N–H and O–H groups in total. The number of rotatable bonds is 19. The predicted octanol–water partition coefficient (Wildman–Crippen LogP) is 9.25. The summed E-state index contributed by atoms with van der Waals surface area (Å²) in [4.78, 5) is 8.56. The minimum atomic E-state index is -4.17. The van der Waals surface area contributed by atoms with Gasteiger partial charge in [0.2, 0.25) is 0 Å². The Balaban J connectivity index is 5.99. The first-order valence-corrected chi connectivity index (χ1v) is 14.2. The predicted molar refractivity (Wildman–Crippen MR) is 165 cm³/mol. The number of unbranched alkanes of at least 4 members (excludes halogenated alkanes) is 1. The highest BCUT2D eigenvalue weighted by molar-refractivity contribution is 5.82. The third-order valence-corrected chi connectivity index (χ3v) is 5.63. The molecule has 220 valence electrons. The lowest BCUT2D eigenvalue weighted by molar-refractivity contribution is -0.135. The number of amidine groups is 1. The molecule has 0 saturated heterocycles. The molecule has 0 amide bonds. The lowest BCUT2D eigenvalue weighted by Gasteiger charge is -2.26. The van der Waals surface area contributed by atoms with Crippen molar-refractivity contribution in [3.8, 4) is 0 Å². The second-order valence-electron chi connectivity index (χ2n) is 9.79. The summed E-state index contributed by atoms with van der Waals surface area (Å²) in [6, 6.07) is 0. The van der Waals surface area contributed by atoms with Crippen molar-refractivity contribution in [2.24, 2.45) is 4.99 Å². The van der Waals surface area contributed by atoms with Crippen molar-refractivity contribution < 1.29 is 13.2 Å². The van der Waals surface area contributed by atoms with Crippen LogP contribution in [0.25, 0.3) is 0 Å². The zero-order valence-electron chi connectivity index (χ0n) is 25.2. The quantitative estimate of drug-likeness (QED) is 0.0528. The van der Waals surface area contributed by atoms with E-state index in [0.29, 0.717) is 18.9 Å². The fourth-order valence-electron chi connectivity index (χ4n) is 3.86. The van der Waals surface area contributed by atoms with E-state index in [2.05, 4.69) is 103 Å². The van der Waals surface area contributed by atoms with Crippen LogP contribution < -0.4 is 0 Å². The number of aliphatic imine (C=N–C) groups is 1. The number of nitrogens with zero attached hydrogens (tertiary/aromatic N) is 3. The van der Waals surface area contributed by atoms with Crippen LogP contribution in [0.5, 0.6) is 0 Å². The Labute approximate surface area is 237 Å². The van der Waals surface area contributed by atoms with Gasteiger partial charge in [-0.15, -0.1) is 0 Å². The largest absolute Gasteiger partial charge is 0.389 e. The topological polar surface area (TPSA) is 18.8 Å². The smallest absolute Gasteiger partial charge is 0.352 e. The average Bonchev–Trinajstić information content (AvgIpc) is 2.86. The summed E-state index contributed by atoms with van der Waals surface area (Å²) >= 11 is 0. The highest BCUT2D eigenvalue weighted by atomic mass is 19.4. The Kier molecular flexibility index (Phi) is 20.8. The van der Waals surface area contributed by atoms with E-state index in [9.17, 15) is 13.2 Å². The normalized spacial score (nSPS) is 14.3. The zero-order chi connectivity index (χ0) is 29.5. The van der Waals surface area contributed by atoms with Crippen LogP contribution in [0.2, 0.25) is 0 Å². The van der Waals surface area contributed by atoms with Gasteiger partial charge in [0, 0.05) is 39.5 Å². The summed E-state index contributed by atoms with van der Waals surface area (Å²) in [5.41, 5.74) is 3.17. The number of hydrogen-bond acceptors (Lipinski definition) is 2. The first-order chi connectivity index (χ1) is 18.6.